The highest BCUT2D eigenvalue weighted by molar-refractivity contribution is 4.80. The van der Waals surface area contributed by atoms with Crippen LogP contribution in [0.4, 0.5) is 0 Å². The van der Waals surface area contributed by atoms with E-state index in [9.17, 15) is 0 Å². The van der Waals surface area contributed by atoms with Crippen LogP contribution in [0.15, 0.2) is 0 Å². The summed E-state index contributed by atoms with van der Waals surface area (Å²) in [6, 6.07) is 0.770. The number of ether oxygens (including phenoxy) is 1. The smallest absolute Gasteiger partial charge is 0.0824 e. The van der Waals surface area contributed by atoms with Crippen LogP contribution >= 0.6 is 0 Å². The molecule has 1 heterocycles. The van der Waals surface area contributed by atoms with E-state index in [1.807, 2.05) is 0 Å². The zero-order chi connectivity index (χ0) is 16.8. The largest absolute Gasteiger partial charge is 0.373 e. The van der Waals surface area contributed by atoms with Gasteiger partial charge in [0.1, 0.15) is 0 Å². The van der Waals surface area contributed by atoms with E-state index in [2.05, 4.69) is 25.7 Å². The Hall–Kier alpha value is -0.0800. The summed E-state index contributed by atoms with van der Waals surface area (Å²) in [6.45, 7) is 10.5. The van der Waals surface area contributed by atoms with E-state index in [0.29, 0.717) is 6.10 Å². The number of epoxide rings is 1. The van der Waals surface area contributed by atoms with E-state index < -0.39 is 0 Å². The molecule has 1 fully saturated rings. The van der Waals surface area contributed by atoms with Crippen molar-refractivity contribution in [2.24, 2.45) is 0 Å². The lowest BCUT2D eigenvalue weighted by molar-refractivity contribution is 0.163. The molecule has 2 unspecified atom stereocenters. The van der Waals surface area contributed by atoms with E-state index in [1.54, 1.807) is 0 Å². The monoisotopic (exact) mass is 325 g/mol. The summed E-state index contributed by atoms with van der Waals surface area (Å²) in [5, 5.41) is 0. The molecule has 0 saturated carbocycles. The second kappa shape index (κ2) is 14.3. The Kier molecular flexibility index (Phi) is 13.0. The molecule has 1 aliphatic heterocycles. The Balaban J connectivity index is 2.12. The van der Waals surface area contributed by atoms with Gasteiger partial charge in [0.15, 0.2) is 0 Å². The SMILES string of the molecule is CCCCCCCCCCCC(CC1CO1)N(CCC)CCC. The molecule has 2 nitrogen and oxygen atoms in total. The highest BCUT2D eigenvalue weighted by atomic mass is 16.6. The standard InChI is InChI=1S/C21H43NO/c1-4-7-8-9-10-11-12-13-14-15-20(18-21-19-23-21)22(16-5-2)17-6-3/h20-21H,4-19H2,1-3H3. The molecule has 2 atom stereocenters. The zero-order valence-electron chi connectivity index (χ0n) is 16.3. The fourth-order valence-corrected chi connectivity index (χ4v) is 3.70. The minimum Gasteiger partial charge on any atom is -0.373 e. The maximum absolute atomic E-state index is 5.51. The average molecular weight is 326 g/mol. The van der Waals surface area contributed by atoms with Gasteiger partial charge in [-0.2, -0.15) is 0 Å². The first-order chi connectivity index (χ1) is 11.3. The van der Waals surface area contributed by atoms with Crippen LogP contribution in [0.1, 0.15) is 104 Å². The summed E-state index contributed by atoms with van der Waals surface area (Å²) >= 11 is 0. The van der Waals surface area contributed by atoms with Crippen molar-refractivity contribution in [2.75, 3.05) is 19.7 Å². The van der Waals surface area contributed by atoms with Gasteiger partial charge in [-0.05, 0) is 38.8 Å². The summed E-state index contributed by atoms with van der Waals surface area (Å²) in [5.41, 5.74) is 0. The summed E-state index contributed by atoms with van der Waals surface area (Å²) in [5.74, 6) is 0. The highest BCUT2D eigenvalue weighted by Gasteiger charge is 2.29. The Bertz CT molecular complexity index is 246. The van der Waals surface area contributed by atoms with Crippen LogP contribution in [0.3, 0.4) is 0 Å². The molecule has 0 spiro atoms. The normalized spacial score (nSPS) is 18.5. The molecule has 0 bridgehead atoms. The van der Waals surface area contributed by atoms with Gasteiger partial charge < -0.3 is 9.64 Å². The molecule has 1 aliphatic rings. The van der Waals surface area contributed by atoms with E-state index in [0.717, 1.165) is 12.6 Å². The summed E-state index contributed by atoms with van der Waals surface area (Å²) in [6.07, 6.45) is 18.7. The van der Waals surface area contributed by atoms with Gasteiger partial charge in [-0.25, -0.2) is 0 Å². The molecule has 0 aliphatic carbocycles. The fourth-order valence-electron chi connectivity index (χ4n) is 3.70. The number of hydrogen-bond donors (Lipinski definition) is 0. The van der Waals surface area contributed by atoms with E-state index in [4.69, 9.17) is 4.74 Å². The van der Waals surface area contributed by atoms with Gasteiger partial charge >= 0.3 is 0 Å². The molecule has 1 rings (SSSR count). The lowest BCUT2D eigenvalue weighted by Crippen LogP contribution is -2.37. The molecule has 1 saturated heterocycles. The lowest BCUT2D eigenvalue weighted by atomic mass is 10.00. The summed E-state index contributed by atoms with van der Waals surface area (Å²) in [7, 11) is 0. The highest BCUT2D eigenvalue weighted by Crippen LogP contribution is 2.23. The van der Waals surface area contributed by atoms with E-state index >= 15 is 0 Å². The van der Waals surface area contributed by atoms with Crippen molar-refractivity contribution in [2.45, 2.75) is 116 Å². The maximum atomic E-state index is 5.51. The first kappa shape index (κ1) is 21.0. The fraction of sp³-hybridized carbons (Fsp3) is 1.00. The number of hydrogen-bond acceptors (Lipinski definition) is 2. The van der Waals surface area contributed by atoms with Gasteiger partial charge in [0.25, 0.3) is 0 Å². The minimum absolute atomic E-state index is 0.578. The minimum atomic E-state index is 0.578. The van der Waals surface area contributed by atoms with Crippen molar-refractivity contribution in [3.63, 3.8) is 0 Å². The van der Waals surface area contributed by atoms with Gasteiger partial charge in [-0.3, -0.25) is 0 Å². The Morgan fingerprint density at radius 1 is 0.783 bits per heavy atom. The van der Waals surface area contributed by atoms with Crippen molar-refractivity contribution >= 4 is 0 Å². The van der Waals surface area contributed by atoms with E-state index in [1.165, 1.54) is 96.6 Å². The van der Waals surface area contributed by atoms with Gasteiger partial charge in [0, 0.05) is 6.04 Å². The predicted octanol–water partition coefficient (Wildman–Crippen LogP) is 6.19. The molecule has 0 aromatic rings. The molecule has 0 radical (unpaired) electrons. The quantitative estimate of drug-likeness (QED) is 0.234. The van der Waals surface area contributed by atoms with Crippen LogP contribution in [0.2, 0.25) is 0 Å². The number of rotatable bonds is 17. The molecule has 0 aromatic heterocycles. The second-order valence-electron chi connectivity index (χ2n) is 7.50. The van der Waals surface area contributed by atoms with Gasteiger partial charge in [-0.15, -0.1) is 0 Å². The Morgan fingerprint density at radius 2 is 1.30 bits per heavy atom. The third-order valence-electron chi connectivity index (χ3n) is 5.12. The molecule has 138 valence electrons. The first-order valence-corrected chi connectivity index (χ1v) is 10.7. The van der Waals surface area contributed by atoms with Crippen LogP contribution < -0.4 is 0 Å². The lowest BCUT2D eigenvalue weighted by Gasteiger charge is -2.31. The number of unbranched alkanes of at least 4 members (excludes halogenated alkanes) is 8. The Labute approximate surface area is 146 Å². The molecule has 0 aromatic carbocycles. The molecule has 2 heteroatoms. The van der Waals surface area contributed by atoms with E-state index in [-0.39, 0.29) is 0 Å². The van der Waals surface area contributed by atoms with Gasteiger partial charge in [-0.1, -0.05) is 78.6 Å². The van der Waals surface area contributed by atoms with Crippen molar-refractivity contribution in [3.05, 3.63) is 0 Å². The van der Waals surface area contributed by atoms with Crippen LogP contribution in [0.25, 0.3) is 0 Å². The van der Waals surface area contributed by atoms with Crippen LogP contribution in [0, 0.1) is 0 Å². The second-order valence-corrected chi connectivity index (χ2v) is 7.50. The van der Waals surface area contributed by atoms with Crippen LogP contribution in [-0.4, -0.2) is 36.7 Å². The topological polar surface area (TPSA) is 15.8 Å². The van der Waals surface area contributed by atoms with Gasteiger partial charge in [0.2, 0.25) is 0 Å². The van der Waals surface area contributed by atoms with Gasteiger partial charge in [0.05, 0.1) is 12.7 Å². The van der Waals surface area contributed by atoms with Crippen molar-refractivity contribution in [3.8, 4) is 0 Å². The molecule has 23 heavy (non-hydrogen) atoms. The van der Waals surface area contributed by atoms with Crippen molar-refractivity contribution in [1.29, 1.82) is 0 Å². The number of nitrogens with zero attached hydrogens (tertiary/aromatic N) is 1. The zero-order valence-corrected chi connectivity index (χ0v) is 16.3. The summed E-state index contributed by atoms with van der Waals surface area (Å²) < 4.78 is 5.51. The molecule has 0 N–H and O–H groups in total. The third-order valence-corrected chi connectivity index (χ3v) is 5.12. The molecular formula is C21H43NO. The van der Waals surface area contributed by atoms with Crippen LogP contribution in [0.5, 0.6) is 0 Å². The first-order valence-electron chi connectivity index (χ1n) is 10.7. The average Bonchev–Trinajstić information content (AvgIpc) is 3.36. The van der Waals surface area contributed by atoms with Crippen molar-refractivity contribution in [1.82, 2.24) is 4.90 Å². The molecule has 0 amide bonds. The molecular weight excluding hydrogens is 282 g/mol. The van der Waals surface area contributed by atoms with Crippen molar-refractivity contribution < 1.29 is 4.74 Å². The summed E-state index contributed by atoms with van der Waals surface area (Å²) in [4.78, 5) is 2.74. The maximum Gasteiger partial charge on any atom is 0.0824 e. The predicted molar refractivity (Wildman–Crippen MR) is 102 cm³/mol. The van der Waals surface area contributed by atoms with Crippen LogP contribution in [-0.2, 0) is 4.74 Å². The third kappa shape index (κ3) is 11.2. The Morgan fingerprint density at radius 3 is 1.78 bits per heavy atom.